The van der Waals surface area contributed by atoms with Crippen LogP contribution in [0.15, 0.2) is 12.4 Å². The van der Waals surface area contributed by atoms with Crippen LogP contribution in [0, 0.1) is 0 Å². The summed E-state index contributed by atoms with van der Waals surface area (Å²) in [4.78, 5) is 11.4. The summed E-state index contributed by atoms with van der Waals surface area (Å²) in [5.41, 5.74) is 1.26. The van der Waals surface area contributed by atoms with Crippen LogP contribution in [0.5, 0.6) is 0 Å². The molecule has 0 N–H and O–H groups in total. The van der Waals surface area contributed by atoms with Gasteiger partial charge in [0.15, 0.2) is 0 Å². The average molecular weight is 279 g/mol. The SMILES string of the molecule is CC.CC.CCCc1cnc(C2CCN(C)CC2)nc1. The minimum Gasteiger partial charge on any atom is -0.306 e. The van der Waals surface area contributed by atoms with E-state index >= 15 is 0 Å². The van der Waals surface area contributed by atoms with Crippen LogP contribution in [-0.2, 0) is 6.42 Å². The van der Waals surface area contributed by atoms with Gasteiger partial charge in [-0.05, 0) is 45.0 Å². The van der Waals surface area contributed by atoms with Gasteiger partial charge in [0, 0.05) is 18.3 Å². The maximum atomic E-state index is 4.52. The van der Waals surface area contributed by atoms with Crippen LogP contribution in [0.2, 0.25) is 0 Å². The van der Waals surface area contributed by atoms with Crippen molar-refractivity contribution in [1.82, 2.24) is 14.9 Å². The zero-order chi connectivity index (χ0) is 15.4. The van der Waals surface area contributed by atoms with Gasteiger partial charge < -0.3 is 4.90 Å². The summed E-state index contributed by atoms with van der Waals surface area (Å²) in [6, 6.07) is 0. The quantitative estimate of drug-likeness (QED) is 0.826. The molecule has 1 aromatic heterocycles. The van der Waals surface area contributed by atoms with Crippen molar-refractivity contribution in [2.75, 3.05) is 20.1 Å². The molecule has 2 heterocycles. The van der Waals surface area contributed by atoms with Crippen molar-refractivity contribution < 1.29 is 0 Å². The van der Waals surface area contributed by atoms with Gasteiger partial charge in [-0.1, -0.05) is 41.0 Å². The summed E-state index contributed by atoms with van der Waals surface area (Å²) in [5, 5.41) is 0. The van der Waals surface area contributed by atoms with E-state index < -0.39 is 0 Å². The van der Waals surface area contributed by atoms with Crippen molar-refractivity contribution in [3.8, 4) is 0 Å². The molecule has 2 rings (SSSR count). The minimum absolute atomic E-state index is 0.576. The Kier molecular flexibility index (Phi) is 11.3. The molecule has 0 bridgehead atoms. The summed E-state index contributed by atoms with van der Waals surface area (Å²) in [7, 11) is 2.18. The Morgan fingerprint density at radius 1 is 1.05 bits per heavy atom. The first-order chi connectivity index (χ1) is 9.79. The molecule has 1 aliphatic heterocycles. The smallest absolute Gasteiger partial charge is 0.131 e. The van der Waals surface area contributed by atoms with Crippen molar-refractivity contribution in [1.29, 1.82) is 0 Å². The number of rotatable bonds is 3. The summed E-state index contributed by atoms with van der Waals surface area (Å²) < 4.78 is 0. The topological polar surface area (TPSA) is 29.0 Å². The molecule has 0 radical (unpaired) electrons. The summed E-state index contributed by atoms with van der Waals surface area (Å²) in [6.07, 6.45) is 8.66. The fourth-order valence-electron chi connectivity index (χ4n) is 2.26. The molecule has 0 amide bonds. The van der Waals surface area contributed by atoms with E-state index in [0.717, 1.165) is 18.7 Å². The molecule has 1 aromatic rings. The number of piperidine rings is 1. The maximum absolute atomic E-state index is 4.52. The first-order valence-corrected chi connectivity index (χ1v) is 8.29. The Labute approximate surface area is 125 Å². The van der Waals surface area contributed by atoms with E-state index in [1.165, 1.54) is 31.5 Å². The highest BCUT2D eigenvalue weighted by Crippen LogP contribution is 2.24. The second-order valence-electron chi connectivity index (χ2n) is 4.78. The molecule has 0 aromatic carbocycles. The summed E-state index contributed by atoms with van der Waals surface area (Å²) in [6.45, 7) is 12.5. The van der Waals surface area contributed by atoms with Crippen molar-refractivity contribution in [3.63, 3.8) is 0 Å². The lowest BCUT2D eigenvalue weighted by Crippen LogP contribution is -2.29. The van der Waals surface area contributed by atoms with Gasteiger partial charge in [0.1, 0.15) is 5.82 Å². The highest BCUT2D eigenvalue weighted by Gasteiger charge is 2.20. The Hall–Kier alpha value is -0.960. The second kappa shape index (κ2) is 11.8. The molecule has 1 fully saturated rings. The van der Waals surface area contributed by atoms with Crippen LogP contribution < -0.4 is 0 Å². The normalized spacial score (nSPS) is 15.7. The predicted octanol–water partition coefficient (Wildman–Crippen LogP) is 4.29. The van der Waals surface area contributed by atoms with E-state index in [9.17, 15) is 0 Å². The second-order valence-corrected chi connectivity index (χ2v) is 4.78. The van der Waals surface area contributed by atoms with E-state index in [1.807, 2.05) is 40.1 Å². The molecule has 0 aliphatic carbocycles. The van der Waals surface area contributed by atoms with E-state index in [4.69, 9.17) is 0 Å². The number of nitrogens with zero attached hydrogens (tertiary/aromatic N) is 3. The summed E-state index contributed by atoms with van der Waals surface area (Å²) >= 11 is 0. The lowest BCUT2D eigenvalue weighted by Gasteiger charge is -2.27. The lowest BCUT2D eigenvalue weighted by molar-refractivity contribution is 0.251. The van der Waals surface area contributed by atoms with Gasteiger partial charge in [-0.2, -0.15) is 0 Å². The maximum Gasteiger partial charge on any atom is 0.131 e. The number of likely N-dealkylation sites (tertiary alicyclic amines) is 1. The van der Waals surface area contributed by atoms with Gasteiger partial charge in [0.25, 0.3) is 0 Å². The Morgan fingerprint density at radius 3 is 2.00 bits per heavy atom. The van der Waals surface area contributed by atoms with Gasteiger partial charge in [0.05, 0.1) is 0 Å². The van der Waals surface area contributed by atoms with Crippen molar-refractivity contribution in [2.45, 2.75) is 66.2 Å². The van der Waals surface area contributed by atoms with Crippen LogP contribution in [-0.4, -0.2) is 35.0 Å². The van der Waals surface area contributed by atoms with Crippen LogP contribution in [0.4, 0.5) is 0 Å². The zero-order valence-corrected chi connectivity index (χ0v) is 14.3. The third-order valence-electron chi connectivity index (χ3n) is 3.35. The Balaban J connectivity index is 0.000000829. The van der Waals surface area contributed by atoms with Crippen LogP contribution in [0.1, 0.15) is 71.2 Å². The third kappa shape index (κ3) is 6.47. The number of hydrogen-bond acceptors (Lipinski definition) is 3. The van der Waals surface area contributed by atoms with E-state index in [2.05, 4.69) is 28.8 Å². The van der Waals surface area contributed by atoms with Gasteiger partial charge >= 0.3 is 0 Å². The lowest BCUT2D eigenvalue weighted by atomic mass is 9.96. The van der Waals surface area contributed by atoms with Gasteiger partial charge in [-0.25, -0.2) is 9.97 Å². The summed E-state index contributed by atoms with van der Waals surface area (Å²) in [5.74, 6) is 1.62. The van der Waals surface area contributed by atoms with Crippen molar-refractivity contribution in [3.05, 3.63) is 23.8 Å². The Morgan fingerprint density at radius 2 is 1.55 bits per heavy atom. The molecule has 116 valence electrons. The highest BCUT2D eigenvalue weighted by molar-refractivity contribution is 5.08. The van der Waals surface area contributed by atoms with Crippen LogP contribution in [0.25, 0.3) is 0 Å². The monoisotopic (exact) mass is 279 g/mol. The fourth-order valence-corrected chi connectivity index (χ4v) is 2.26. The first-order valence-electron chi connectivity index (χ1n) is 8.29. The number of hydrogen-bond donors (Lipinski definition) is 0. The average Bonchev–Trinajstić information content (AvgIpc) is 2.53. The molecule has 3 heteroatoms. The van der Waals surface area contributed by atoms with Crippen LogP contribution in [0.3, 0.4) is 0 Å². The van der Waals surface area contributed by atoms with E-state index in [0.29, 0.717) is 5.92 Å². The molecular formula is C17H33N3. The zero-order valence-electron chi connectivity index (χ0n) is 14.3. The molecule has 0 atom stereocenters. The fraction of sp³-hybridized carbons (Fsp3) is 0.765. The van der Waals surface area contributed by atoms with E-state index in [1.54, 1.807) is 0 Å². The molecule has 3 nitrogen and oxygen atoms in total. The molecule has 20 heavy (non-hydrogen) atoms. The first kappa shape index (κ1) is 19.0. The van der Waals surface area contributed by atoms with Crippen molar-refractivity contribution in [2.24, 2.45) is 0 Å². The molecule has 1 saturated heterocycles. The minimum atomic E-state index is 0.576. The largest absolute Gasteiger partial charge is 0.306 e. The molecule has 1 aliphatic rings. The Bertz CT molecular complexity index is 314. The highest BCUT2D eigenvalue weighted by atomic mass is 15.1. The number of aryl methyl sites for hydroxylation is 1. The molecule has 0 saturated carbocycles. The van der Waals surface area contributed by atoms with E-state index in [-0.39, 0.29) is 0 Å². The van der Waals surface area contributed by atoms with Crippen molar-refractivity contribution >= 4 is 0 Å². The van der Waals surface area contributed by atoms with Gasteiger partial charge in [-0.15, -0.1) is 0 Å². The molecular weight excluding hydrogens is 246 g/mol. The molecule has 0 unspecified atom stereocenters. The third-order valence-corrected chi connectivity index (χ3v) is 3.35. The number of aromatic nitrogens is 2. The standard InChI is InChI=1S/C13H21N3.2C2H6/c1-3-4-11-9-14-13(15-10-11)12-5-7-16(2)8-6-12;2*1-2/h9-10,12H,3-8H2,1-2H3;2*1-2H3. The predicted molar refractivity (Wildman–Crippen MR) is 88.2 cm³/mol. The van der Waals surface area contributed by atoms with Crippen LogP contribution >= 0.6 is 0 Å². The van der Waals surface area contributed by atoms with Gasteiger partial charge in [-0.3, -0.25) is 0 Å². The molecule has 0 spiro atoms. The van der Waals surface area contributed by atoms with Gasteiger partial charge in [0.2, 0.25) is 0 Å².